The summed E-state index contributed by atoms with van der Waals surface area (Å²) in [4.78, 5) is 3.97. The normalized spacial score (nSPS) is 12.1. The average molecular weight is 387 g/mol. The van der Waals surface area contributed by atoms with Gasteiger partial charge in [-0.2, -0.15) is 5.10 Å². The van der Waals surface area contributed by atoms with E-state index in [1.165, 1.54) is 11.9 Å². The van der Waals surface area contributed by atoms with Gasteiger partial charge in [0.1, 0.15) is 18.4 Å². The summed E-state index contributed by atoms with van der Waals surface area (Å²) in [5.74, 6) is 0.888. The summed E-state index contributed by atoms with van der Waals surface area (Å²) >= 11 is 3.51. The Labute approximate surface area is 149 Å². The maximum Gasteiger partial charge on any atom is 0.138 e. The van der Waals surface area contributed by atoms with Crippen LogP contribution in [-0.2, 0) is 6.54 Å². The second-order valence-electron chi connectivity index (χ2n) is 5.49. The van der Waals surface area contributed by atoms with E-state index < -0.39 is 0 Å². The van der Waals surface area contributed by atoms with E-state index in [0.29, 0.717) is 0 Å². The van der Waals surface area contributed by atoms with Gasteiger partial charge in [-0.25, -0.2) is 9.67 Å². The molecule has 0 amide bonds. The number of hydrogen-bond donors (Lipinski definition) is 1. The molecular formula is C18H19BrN4O. The van der Waals surface area contributed by atoms with Gasteiger partial charge in [-0.1, -0.05) is 28.1 Å². The van der Waals surface area contributed by atoms with Crippen LogP contribution >= 0.6 is 15.9 Å². The molecule has 0 saturated heterocycles. The van der Waals surface area contributed by atoms with Crippen LogP contribution in [0.15, 0.2) is 59.6 Å². The lowest BCUT2D eigenvalue weighted by molar-refractivity contribution is 0.406. The molecule has 0 aliphatic carbocycles. The number of nitrogens with zero attached hydrogens (tertiary/aromatic N) is 3. The van der Waals surface area contributed by atoms with Crippen LogP contribution in [0.3, 0.4) is 0 Å². The van der Waals surface area contributed by atoms with Crippen LogP contribution in [0.1, 0.15) is 24.1 Å². The van der Waals surface area contributed by atoms with Gasteiger partial charge in [-0.15, -0.1) is 0 Å². The lowest BCUT2D eigenvalue weighted by Crippen LogP contribution is -2.18. The van der Waals surface area contributed by atoms with Crippen LogP contribution in [0.2, 0.25) is 0 Å². The van der Waals surface area contributed by atoms with Crippen molar-refractivity contribution in [1.82, 2.24) is 20.1 Å². The van der Waals surface area contributed by atoms with E-state index in [1.807, 2.05) is 24.3 Å². The van der Waals surface area contributed by atoms with Crippen molar-refractivity contribution in [3.05, 3.63) is 70.7 Å². The van der Waals surface area contributed by atoms with Crippen molar-refractivity contribution in [1.29, 1.82) is 0 Å². The lowest BCUT2D eigenvalue weighted by atomic mass is 10.1. The van der Waals surface area contributed by atoms with Crippen LogP contribution in [0, 0.1) is 0 Å². The summed E-state index contributed by atoms with van der Waals surface area (Å²) in [6.07, 6.45) is 3.22. The van der Waals surface area contributed by atoms with E-state index in [-0.39, 0.29) is 6.04 Å². The Morgan fingerprint density at radius 3 is 2.67 bits per heavy atom. The van der Waals surface area contributed by atoms with E-state index in [0.717, 1.165) is 28.0 Å². The number of aromatic nitrogens is 3. The first-order valence-electron chi connectivity index (χ1n) is 7.68. The quantitative estimate of drug-likeness (QED) is 0.697. The fourth-order valence-corrected chi connectivity index (χ4v) is 2.93. The van der Waals surface area contributed by atoms with Crippen molar-refractivity contribution in [2.24, 2.45) is 0 Å². The fourth-order valence-electron chi connectivity index (χ4n) is 2.52. The number of hydrogen-bond acceptors (Lipinski definition) is 4. The Bertz CT molecular complexity index is 787. The van der Waals surface area contributed by atoms with Crippen molar-refractivity contribution in [2.75, 3.05) is 7.11 Å². The zero-order chi connectivity index (χ0) is 16.9. The van der Waals surface area contributed by atoms with E-state index in [9.17, 15) is 0 Å². The Morgan fingerprint density at radius 2 is 2.00 bits per heavy atom. The Hall–Kier alpha value is -2.18. The molecule has 1 aromatic heterocycles. The SMILES string of the molecule is COc1ccc(Br)cc1CNC(C)c1ccc(-n2cncn2)cc1. The molecule has 0 aliphatic rings. The minimum Gasteiger partial charge on any atom is -0.496 e. The third-order valence-electron chi connectivity index (χ3n) is 3.92. The van der Waals surface area contributed by atoms with Gasteiger partial charge in [0, 0.05) is 22.6 Å². The molecule has 1 unspecified atom stereocenters. The molecule has 0 aliphatic heterocycles. The molecule has 1 atom stereocenters. The second kappa shape index (κ2) is 7.59. The minimum atomic E-state index is 0.221. The lowest BCUT2D eigenvalue weighted by Gasteiger charge is -2.16. The maximum absolute atomic E-state index is 5.42. The monoisotopic (exact) mass is 386 g/mol. The first kappa shape index (κ1) is 16.7. The molecule has 0 radical (unpaired) electrons. The zero-order valence-corrected chi connectivity index (χ0v) is 15.2. The predicted octanol–water partition coefficient (Wildman–Crippen LogP) is 3.89. The molecule has 1 N–H and O–H groups in total. The van der Waals surface area contributed by atoms with E-state index in [4.69, 9.17) is 4.74 Å². The summed E-state index contributed by atoms with van der Waals surface area (Å²) < 4.78 is 8.21. The van der Waals surface area contributed by atoms with Crippen molar-refractivity contribution in [3.8, 4) is 11.4 Å². The molecule has 5 nitrogen and oxygen atoms in total. The van der Waals surface area contributed by atoms with Crippen LogP contribution in [0.5, 0.6) is 5.75 Å². The Balaban J connectivity index is 1.67. The Morgan fingerprint density at radius 1 is 1.21 bits per heavy atom. The fraction of sp³-hybridized carbons (Fsp3) is 0.222. The van der Waals surface area contributed by atoms with Gasteiger partial charge < -0.3 is 10.1 Å². The van der Waals surface area contributed by atoms with Gasteiger partial charge in [0.2, 0.25) is 0 Å². The van der Waals surface area contributed by atoms with Crippen LogP contribution in [0.4, 0.5) is 0 Å². The topological polar surface area (TPSA) is 52.0 Å². The first-order chi connectivity index (χ1) is 11.7. The molecule has 6 heteroatoms. The second-order valence-corrected chi connectivity index (χ2v) is 6.41. The molecule has 0 saturated carbocycles. The van der Waals surface area contributed by atoms with Crippen LogP contribution in [-0.4, -0.2) is 21.9 Å². The van der Waals surface area contributed by atoms with E-state index >= 15 is 0 Å². The number of nitrogens with one attached hydrogen (secondary N) is 1. The molecular weight excluding hydrogens is 368 g/mol. The van der Waals surface area contributed by atoms with Gasteiger partial charge in [-0.3, -0.25) is 0 Å². The summed E-state index contributed by atoms with van der Waals surface area (Å²) in [5, 5.41) is 7.67. The van der Waals surface area contributed by atoms with Crippen molar-refractivity contribution in [3.63, 3.8) is 0 Å². The highest BCUT2D eigenvalue weighted by molar-refractivity contribution is 9.10. The number of halogens is 1. The smallest absolute Gasteiger partial charge is 0.138 e. The van der Waals surface area contributed by atoms with Crippen molar-refractivity contribution in [2.45, 2.75) is 19.5 Å². The average Bonchev–Trinajstić information content (AvgIpc) is 3.14. The van der Waals surface area contributed by atoms with Crippen molar-refractivity contribution >= 4 is 15.9 Å². The standard InChI is InChI=1S/C18H19BrN4O/c1-13(21-10-15-9-16(19)5-8-18(15)24-2)14-3-6-17(7-4-14)23-12-20-11-22-23/h3-9,11-13,21H,10H2,1-2H3. The van der Waals surface area contributed by atoms with E-state index in [2.05, 4.69) is 56.5 Å². The highest BCUT2D eigenvalue weighted by Gasteiger charge is 2.08. The molecule has 1 heterocycles. The summed E-state index contributed by atoms with van der Waals surface area (Å²) in [6.45, 7) is 2.88. The predicted molar refractivity (Wildman–Crippen MR) is 97.3 cm³/mol. The molecule has 2 aromatic carbocycles. The molecule has 3 rings (SSSR count). The summed E-state index contributed by atoms with van der Waals surface area (Å²) in [5.41, 5.74) is 3.34. The van der Waals surface area contributed by atoms with Gasteiger partial charge in [0.05, 0.1) is 12.8 Å². The molecule has 0 spiro atoms. The van der Waals surface area contributed by atoms with Crippen LogP contribution < -0.4 is 10.1 Å². The third-order valence-corrected chi connectivity index (χ3v) is 4.41. The molecule has 24 heavy (non-hydrogen) atoms. The highest BCUT2D eigenvalue weighted by Crippen LogP contribution is 2.24. The number of methoxy groups -OCH3 is 1. The van der Waals surface area contributed by atoms with Gasteiger partial charge in [0.25, 0.3) is 0 Å². The summed E-state index contributed by atoms with van der Waals surface area (Å²) in [6, 6.07) is 14.5. The number of rotatable bonds is 6. The van der Waals surface area contributed by atoms with Gasteiger partial charge >= 0.3 is 0 Å². The number of ether oxygens (including phenoxy) is 1. The van der Waals surface area contributed by atoms with Gasteiger partial charge in [0.15, 0.2) is 0 Å². The zero-order valence-electron chi connectivity index (χ0n) is 13.6. The summed E-state index contributed by atoms with van der Waals surface area (Å²) in [7, 11) is 1.69. The molecule has 124 valence electrons. The minimum absolute atomic E-state index is 0.221. The highest BCUT2D eigenvalue weighted by atomic mass is 79.9. The third kappa shape index (κ3) is 3.83. The van der Waals surface area contributed by atoms with Crippen LogP contribution in [0.25, 0.3) is 5.69 Å². The van der Waals surface area contributed by atoms with E-state index in [1.54, 1.807) is 18.1 Å². The number of benzene rings is 2. The van der Waals surface area contributed by atoms with Crippen molar-refractivity contribution < 1.29 is 4.74 Å². The first-order valence-corrected chi connectivity index (χ1v) is 8.47. The van der Waals surface area contributed by atoms with Gasteiger partial charge in [-0.05, 0) is 42.8 Å². The largest absolute Gasteiger partial charge is 0.496 e. The molecule has 0 bridgehead atoms. The Kier molecular flexibility index (Phi) is 5.27. The molecule has 0 fully saturated rings. The molecule has 3 aromatic rings. The maximum atomic E-state index is 5.42.